The Bertz CT molecular complexity index is 1050. The molecule has 2 saturated heterocycles. The molecule has 0 bridgehead atoms. The maximum Gasteiger partial charge on any atom is 0.416 e. The third-order valence-corrected chi connectivity index (χ3v) is 6.67. The zero-order chi connectivity index (χ0) is 25.4. The molecule has 0 radical (unpaired) electrons. The number of halogens is 6. The number of rotatable bonds is 5. The van der Waals surface area contributed by atoms with Crippen molar-refractivity contribution in [2.45, 2.75) is 62.5 Å². The largest absolute Gasteiger partial charge is 0.416 e. The minimum Gasteiger partial charge on any atom is -0.371 e. The summed E-state index contributed by atoms with van der Waals surface area (Å²) in [6, 6.07) is 13.0. The van der Waals surface area contributed by atoms with Gasteiger partial charge in [0.25, 0.3) is 0 Å². The zero-order valence-corrected chi connectivity index (χ0v) is 18.9. The fraction of sp³-hybridized carbons (Fsp3) is 0.480. The lowest BCUT2D eigenvalue weighted by atomic mass is 9.85. The van der Waals surface area contributed by atoms with Crippen LogP contribution in [0.2, 0.25) is 0 Å². The quantitative estimate of drug-likeness (QED) is 0.433. The number of ether oxygens (including phenoxy) is 2. The van der Waals surface area contributed by atoms with E-state index in [-0.39, 0.29) is 30.5 Å². The van der Waals surface area contributed by atoms with Crippen LogP contribution in [0, 0.1) is 11.3 Å². The third-order valence-electron chi connectivity index (χ3n) is 6.67. The van der Waals surface area contributed by atoms with Crippen molar-refractivity contribution < 1.29 is 35.8 Å². The van der Waals surface area contributed by atoms with Crippen LogP contribution in [-0.4, -0.2) is 29.9 Å². The molecule has 0 saturated carbocycles. The van der Waals surface area contributed by atoms with Crippen molar-refractivity contribution in [2.24, 2.45) is 0 Å². The fourth-order valence-electron chi connectivity index (χ4n) is 4.86. The van der Waals surface area contributed by atoms with E-state index in [1.165, 1.54) is 6.92 Å². The van der Waals surface area contributed by atoms with Gasteiger partial charge in [0.2, 0.25) is 0 Å². The Hall–Kier alpha value is -2.61. The van der Waals surface area contributed by atoms with Crippen molar-refractivity contribution in [2.75, 3.05) is 13.2 Å². The Kier molecular flexibility index (Phi) is 6.88. The maximum atomic E-state index is 13.3. The Balaban J connectivity index is 1.61. The van der Waals surface area contributed by atoms with E-state index >= 15 is 0 Å². The molecule has 0 unspecified atom stereocenters. The van der Waals surface area contributed by atoms with Gasteiger partial charge in [0.15, 0.2) is 0 Å². The topological polar surface area (TPSA) is 45.5 Å². The summed E-state index contributed by atoms with van der Waals surface area (Å²) in [5, 5.41) is 10.2. The van der Waals surface area contributed by atoms with Crippen LogP contribution in [0.5, 0.6) is 0 Å². The van der Waals surface area contributed by atoms with Gasteiger partial charge >= 0.3 is 12.4 Å². The van der Waals surface area contributed by atoms with Crippen LogP contribution >= 0.6 is 0 Å². The van der Waals surface area contributed by atoms with Gasteiger partial charge in [-0.15, -0.1) is 0 Å². The molecule has 4 atom stereocenters. The third kappa shape index (κ3) is 5.17. The van der Waals surface area contributed by atoms with Crippen LogP contribution in [0.1, 0.15) is 60.6 Å². The van der Waals surface area contributed by atoms with Crippen LogP contribution in [0.15, 0.2) is 48.5 Å². The molecule has 4 rings (SSSR count). The van der Waals surface area contributed by atoms with E-state index in [4.69, 9.17) is 9.47 Å². The summed E-state index contributed by atoms with van der Waals surface area (Å²) in [5.41, 5.74) is -3.24. The summed E-state index contributed by atoms with van der Waals surface area (Å²) in [6.07, 6.45) is -9.50. The highest BCUT2D eigenvalue weighted by Crippen LogP contribution is 2.45. The minimum atomic E-state index is -4.95. The molecule has 2 aliphatic rings. The van der Waals surface area contributed by atoms with E-state index in [1.54, 1.807) is 0 Å². The minimum absolute atomic E-state index is 0.0880. The first kappa shape index (κ1) is 25.5. The highest BCUT2D eigenvalue weighted by molar-refractivity contribution is 5.35. The Morgan fingerprint density at radius 3 is 2.29 bits per heavy atom. The van der Waals surface area contributed by atoms with Crippen molar-refractivity contribution in [3.05, 3.63) is 70.8 Å². The van der Waals surface area contributed by atoms with Gasteiger partial charge in [-0.25, -0.2) is 4.90 Å². The second kappa shape index (κ2) is 9.45. The lowest BCUT2D eigenvalue weighted by Crippen LogP contribution is -2.57. The Morgan fingerprint density at radius 2 is 1.71 bits per heavy atom. The first-order valence-electron chi connectivity index (χ1n) is 11.2. The van der Waals surface area contributed by atoms with Gasteiger partial charge in [-0.1, -0.05) is 30.3 Å². The summed E-state index contributed by atoms with van der Waals surface area (Å²) in [7, 11) is 0. The lowest BCUT2D eigenvalue weighted by molar-refractivity contribution is -0.143. The van der Waals surface area contributed by atoms with Gasteiger partial charge in [-0.3, -0.25) is 0 Å². The number of alkyl halides is 6. The second-order valence-corrected chi connectivity index (χ2v) is 8.95. The number of fused-ring (bicyclic) bond motifs is 1. The Labute approximate surface area is 199 Å². The van der Waals surface area contributed by atoms with Gasteiger partial charge < -0.3 is 9.47 Å². The molecule has 4 nitrogen and oxygen atoms in total. The van der Waals surface area contributed by atoms with Crippen molar-refractivity contribution in [1.29, 1.82) is 5.26 Å². The van der Waals surface area contributed by atoms with E-state index in [2.05, 4.69) is 6.07 Å². The van der Waals surface area contributed by atoms with Crippen LogP contribution in [-0.2, 0) is 21.8 Å². The molecule has 2 aromatic carbocycles. The number of hydrogen-bond donors (Lipinski definition) is 0. The standard InChI is InChI=1S/C25H24F6N2O2/c1-16(18-10-19(24(26,27)28)12-20(11-18)25(29,30)31)35-15-23(14-32)9-5-8-22-33(23)21(13-34-22)17-6-3-2-4-7-17/h2-4,6-7,10-12,16,21-22H,5,8-9,13,15H2,1H3/t16-,21+,22-,23+/m1/s1. The van der Waals surface area contributed by atoms with E-state index in [0.717, 1.165) is 5.56 Å². The van der Waals surface area contributed by atoms with Crippen LogP contribution < -0.4 is 0 Å². The normalized spacial score (nSPS) is 26.2. The average Bonchev–Trinajstić information content (AvgIpc) is 3.27. The van der Waals surface area contributed by atoms with Crippen molar-refractivity contribution in [3.8, 4) is 6.07 Å². The summed E-state index contributed by atoms with van der Waals surface area (Å²) < 4.78 is 91.4. The van der Waals surface area contributed by atoms with Crippen LogP contribution in [0.25, 0.3) is 0 Å². The number of hydrogen-bond acceptors (Lipinski definition) is 4. The first-order valence-corrected chi connectivity index (χ1v) is 11.2. The molecule has 10 heteroatoms. The van der Waals surface area contributed by atoms with Gasteiger partial charge in [-0.05, 0) is 55.5 Å². The SMILES string of the molecule is C[C@@H](OC[C@@]1(C#N)CCC[C@H]2OC[C@@H](c3ccccc3)N21)c1cc(C(F)(F)F)cc(C(F)(F)F)c1. The number of benzene rings is 2. The zero-order valence-electron chi connectivity index (χ0n) is 18.9. The molecule has 2 fully saturated rings. The molecule has 0 spiro atoms. The monoisotopic (exact) mass is 498 g/mol. The molecule has 0 aromatic heterocycles. The number of piperidine rings is 1. The van der Waals surface area contributed by atoms with E-state index in [0.29, 0.717) is 38.0 Å². The summed E-state index contributed by atoms with van der Waals surface area (Å²) in [5.74, 6) is 0. The van der Waals surface area contributed by atoms with Crippen LogP contribution in [0.4, 0.5) is 26.3 Å². The highest BCUT2D eigenvalue weighted by atomic mass is 19.4. The van der Waals surface area contributed by atoms with Gasteiger partial charge in [0.1, 0.15) is 11.8 Å². The first-order chi connectivity index (χ1) is 16.4. The van der Waals surface area contributed by atoms with E-state index < -0.39 is 35.1 Å². The van der Waals surface area contributed by atoms with Crippen molar-refractivity contribution in [3.63, 3.8) is 0 Å². The molecule has 35 heavy (non-hydrogen) atoms. The van der Waals surface area contributed by atoms with Gasteiger partial charge in [0, 0.05) is 0 Å². The van der Waals surface area contributed by atoms with E-state index in [9.17, 15) is 31.6 Å². The lowest BCUT2D eigenvalue weighted by Gasteiger charge is -2.45. The molecule has 0 aliphatic carbocycles. The average molecular weight is 498 g/mol. The van der Waals surface area contributed by atoms with Crippen LogP contribution in [0.3, 0.4) is 0 Å². The molecule has 0 N–H and O–H groups in total. The maximum absolute atomic E-state index is 13.3. The van der Waals surface area contributed by atoms with Crippen molar-refractivity contribution in [1.82, 2.24) is 4.90 Å². The summed E-state index contributed by atoms with van der Waals surface area (Å²) in [4.78, 5) is 1.95. The second-order valence-electron chi connectivity index (χ2n) is 8.95. The number of nitrogens with zero attached hydrogens (tertiary/aromatic N) is 2. The van der Waals surface area contributed by atoms with E-state index in [1.807, 2.05) is 35.2 Å². The molecular formula is C25H24F6N2O2. The summed E-state index contributed by atoms with van der Waals surface area (Å²) >= 11 is 0. The fourth-order valence-corrected chi connectivity index (χ4v) is 4.86. The molecule has 2 aromatic rings. The highest BCUT2D eigenvalue weighted by Gasteiger charge is 2.52. The summed E-state index contributed by atoms with van der Waals surface area (Å²) in [6.45, 7) is 1.57. The van der Waals surface area contributed by atoms with Gasteiger partial charge in [0.05, 0.1) is 42.6 Å². The molecule has 2 aliphatic heterocycles. The molecule has 188 valence electrons. The Morgan fingerprint density at radius 1 is 1.09 bits per heavy atom. The molecule has 0 amide bonds. The number of nitriles is 1. The smallest absolute Gasteiger partial charge is 0.371 e. The molecule has 2 heterocycles. The molecular weight excluding hydrogens is 474 g/mol. The predicted octanol–water partition coefficient (Wildman–Crippen LogP) is 6.65. The predicted molar refractivity (Wildman–Crippen MR) is 114 cm³/mol. The van der Waals surface area contributed by atoms with Gasteiger partial charge in [-0.2, -0.15) is 31.6 Å². The van der Waals surface area contributed by atoms with Crippen molar-refractivity contribution >= 4 is 0 Å².